The van der Waals surface area contributed by atoms with Crippen LogP contribution in [0.3, 0.4) is 0 Å². The van der Waals surface area contributed by atoms with Gasteiger partial charge in [-0.3, -0.25) is 0 Å². The summed E-state index contributed by atoms with van der Waals surface area (Å²) in [6.45, 7) is 7.71. The van der Waals surface area contributed by atoms with E-state index in [0.717, 1.165) is 25.7 Å². The highest BCUT2D eigenvalue weighted by atomic mass is 32.2. The maximum Gasteiger partial charge on any atom is 0.152 e. The summed E-state index contributed by atoms with van der Waals surface area (Å²) in [5.74, 6) is 0.680. The Bertz CT molecular complexity index is 278. The fourth-order valence-electron chi connectivity index (χ4n) is 1.88. The minimum absolute atomic E-state index is 0.0859. The highest BCUT2D eigenvalue weighted by Crippen LogP contribution is 2.17. The normalized spacial score (nSPS) is 15.1. The monoisotopic (exact) mass is 249 g/mol. The Kier molecular flexibility index (Phi) is 6.56. The van der Waals surface area contributed by atoms with Crippen LogP contribution < -0.4 is 5.73 Å². The van der Waals surface area contributed by atoms with Crippen molar-refractivity contribution in [2.24, 2.45) is 11.7 Å². The van der Waals surface area contributed by atoms with E-state index in [1.807, 2.05) is 0 Å². The quantitative estimate of drug-likeness (QED) is 0.718. The molecule has 0 bridgehead atoms. The van der Waals surface area contributed by atoms with Crippen LogP contribution in [0, 0.1) is 5.92 Å². The largest absolute Gasteiger partial charge is 0.325 e. The van der Waals surface area contributed by atoms with Gasteiger partial charge >= 0.3 is 0 Å². The zero-order chi connectivity index (χ0) is 12.8. The summed E-state index contributed by atoms with van der Waals surface area (Å²) in [5.41, 5.74) is 5.14. The van der Waals surface area contributed by atoms with Crippen molar-refractivity contribution in [2.75, 3.05) is 11.5 Å². The molecule has 0 radical (unpaired) electrons. The van der Waals surface area contributed by atoms with Crippen LogP contribution in [-0.2, 0) is 9.84 Å². The van der Waals surface area contributed by atoms with Gasteiger partial charge in [-0.1, -0.05) is 33.1 Å². The Morgan fingerprint density at radius 1 is 1.25 bits per heavy atom. The first-order valence-electron chi connectivity index (χ1n) is 6.19. The van der Waals surface area contributed by atoms with Crippen molar-refractivity contribution in [3.05, 3.63) is 0 Å². The summed E-state index contributed by atoms with van der Waals surface area (Å²) in [7, 11) is -3.01. The molecule has 0 saturated carbocycles. The molecule has 0 aliphatic carbocycles. The van der Waals surface area contributed by atoms with Crippen molar-refractivity contribution in [2.45, 2.75) is 58.9 Å². The van der Waals surface area contributed by atoms with Gasteiger partial charge in [-0.2, -0.15) is 0 Å². The van der Waals surface area contributed by atoms with Crippen LogP contribution in [0.2, 0.25) is 0 Å². The molecule has 0 aromatic heterocycles. The van der Waals surface area contributed by atoms with Gasteiger partial charge < -0.3 is 5.73 Å². The van der Waals surface area contributed by atoms with Crippen molar-refractivity contribution in [1.82, 2.24) is 0 Å². The van der Waals surface area contributed by atoms with Crippen LogP contribution in [0.4, 0.5) is 0 Å². The highest BCUT2D eigenvalue weighted by Gasteiger charge is 2.24. The maximum absolute atomic E-state index is 11.9. The van der Waals surface area contributed by atoms with Gasteiger partial charge in [-0.05, 0) is 26.2 Å². The molecule has 3 nitrogen and oxygen atoms in total. The van der Waals surface area contributed by atoms with Gasteiger partial charge in [0.2, 0.25) is 0 Å². The number of sulfone groups is 1. The van der Waals surface area contributed by atoms with Crippen LogP contribution in [0.1, 0.15) is 53.4 Å². The summed E-state index contributed by atoms with van der Waals surface area (Å²) in [6, 6.07) is 0. The lowest BCUT2D eigenvalue weighted by Crippen LogP contribution is -2.41. The van der Waals surface area contributed by atoms with E-state index in [4.69, 9.17) is 5.73 Å². The second-order valence-corrected chi connectivity index (χ2v) is 7.57. The Balaban J connectivity index is 4.32. The van der Waals surface area contributed by atoms with Gasteiger partial charge in [0.05, 0.1) is 11.5 Å². The molecule has 4 heteroatoms. The molecular weight excluding hydrogens is 222 g/mol. The first kappa shape index (κ1) is 15.9. The fraction of sp³-hybridized carbons (Fsp3) is 1.00. The molecule has 16 heavy (non-hydrogen) atoms. The van der Waals surface area contributed by atoms with Gasteiger partial charge in [0, 0.05) is 5.54 Å². The highest BCUT2D eigenvalue weighted by molar-refractivity contribution is 7.91. The second kappa shape index (κ2) is 6.60. The summed E-state index contributed by atoms with van der Waals surface area (Å²) < 4.78 is 23.8. The number of unbranched alkanes of at least 4 members (excludes halogenated alkanes) is 1. The third kappa shape index (κ3) is 8.11. The first-order chi connectivity index (χ1) is 7.20. The molecule has 0 aliphatic rings. The van der Waals surface area contributed by atoms with Crippen LogP contribution >= 0.6 is 0 Å². The SMILES string of the molecule is CCCCC(CC)CS(=O)(=O)CC(C)(C)N. The molecule has 1 atom stereocenters. The van der Waals surface area contributed by atoms with Gasteiger partial charge in [0.25, 0.3) is 0 Å². The topological polar surface area (TPSA) is 60.2 Å². The molecule has 0 rings (SSSR count). The average molecular weight is 249 g/mol. The molecular formula is C12H27NO2S. The lowest BCUT2D eigenvalue weighted by molar-refractivity contribution is 0.477. The third-order valence-electron chi connectivity index (χ3n) is 2.62. The summed E-state index contributed by atoms with van der Waals surface area (Å²) in [6.07, 6.45) is 4.18. The van der Waals surface area contributed by atoms with Crippen molar-refractivity contribution >= 4 is 9.84 Å². The summed E-state index contributed by atoms with van der Waals surface area (Å²) in [4.78, 5) is 0. The van der Waals surface area contributed by atoms with Crippen LogP contribution in [0.25, 0.3) is 0 Å². The minimum atomic E-state index is -3.01. The number of rotatable bonds is 8. The Morgan fingerprint density at radius 2 is 1.81 bits per heavy atom. The number of nitrogens with two attached hydrogens (primary N) is 1. The van der Waals surface area contributed by atoms with Crippen molar-refractivity contribution < 1.29 is 8.42 Å². The molecule has 98 valence electrons. The molecule has 0 spiro atoms. The van der Waals surface area contributed by atoms with Gasteiger partial charge in [-0.15, -0.1) is 0 Å². The van der Waals surface area contributed by atoms with Crippen LogP contribution in [0.5, 0.6) is 0 Å². The first-order valence-corrected chi connectivity index (χ1v) is 8.01. The lowest BCUT2D eigenvalue weighted by atomic mass is 10.0. The van der Waals surface area contributed by atoms with Crippen molar-refractivity contribution in [3.8, 4) is 0 Å². The molecule has 2 N–H and O–H groups in total. The molecule has 0 aromatic rings. The molecule has 0 heterocycles. The molecule has 0 amide bonds. The molecule has 1 unspecified atom stereocenters. The third-order valence-corrected chi connectivity index (χ3v) is 4.79. The van der Waals surface area contributed by atoms with E-state index >= 15 is 0 Å². The predicted molar refractivity (Wildman–Crippen MR) is 70.2 cm³/mol. The fourth-order valence-corrected chi connectivity index (χ4v) is 4.25. The molecule has 0 fully saturated rings. The van der Waals surface area contributed by atoms with E-state index in [0.29, 0.717) is 11.7 Å². The van der Waals surface area contributed by atoms with Gasteiger partial charge in [0.15, 0.2) is 9.84 Å². The summed E-state index contributed by atoms with van der Waals surface area (Å²) >= 11 is 0. The zero-order valence-electron chi connectivity index (χ0n) is 11.1. The summed E-state index contributed by atoms with van der Waals surface area (Å²) in [5, 5.41) is 0. The Labute approximate surface area is 101 Å². The molecule has 0 saturated heterocycles. The van der Waals surface area contributed by atoms with E-state index in [-0.39, 0.29) is 5.75 Å². The van der Waals surface area contributed by atoms with Gasteiger partial charge in [-0.25, -0.2) is 8.42 Å². The Morgan fingerprint density at radius 3 is 2.19 bits per heavy atom. The maximum atomic E-state index is 11.9. The van der Waals surface area contributed by atoms with Crippen LogP contribution in [0.15, 0.2) is 0 Å². The van der Waals surface area contributed by atoms with E-state index in [1.165, 1.54) is 0 Å². The van der Waals surface area contributed by atoms with Crippen molar-refractivity contribution in [3.63, 3.8) is 0 Å². The molecule has 0 aromatic carbocycles. The zero-order valence-corrected chi connectivity index (χ0v) is 11.9. The number of hydrogen-bond donors (Lipinski definition) is 1. The van der Waals surface area contributed by atoms with Crippen LogP contribution in [-0.4, -0.2) is 25.5 Å². The van der Waals surface area contributed by atoms with Gasteiger partial charge in [0.1, 0.15) is 0 Å². The van der Waals surface area contributed by atoms with E-state index < -0.39 is 15.4 Å². The second-order valence-electron chi connectivity index (χ2n) is 5.46. The predicted octanol–water partition coefficient (Wildman–Crippen LogP) is 2.35. The minimum Gasteiger partial charge on any atom is -0.325 e. The standard InChI is InChI=1S/C12H27NO2S/c1-5-7-8-11(6-2)9-16(14,15)10-12(3,4)13/h11H,5-10,13H2,1-4H3. The smallest absolute Gasteiger partial charge is 0.152 e. The van der Waals surface area contributed by atoms with Crippen molar-refractivity contribution in [1.29, 1.82) is 0 Å². The van der Waals surface area contributed by atoms with E-state index in [2.05, 4.69) is 13.8 Å². The van der Waals surface area contributed by atoms with E-state index in [9.17, 15) is 8.42 Å². The lowest BCUT2D eigenvalue weighted by Gasteiger charge is -2.21. The number of hydrogen-bond acceptors (Lipinski definition) is 3. The van der Waals surface area contributed by atoms with E-state index in [1.54, 1.807) is 13.8 Å². The Hall–Kier alpha value is -0.0900. The molecule has 0 aliphatic heterocycles. The average Bonchev–Trinajstić information content (AvgIpc) is 2.07.